The number of rotatable bonds is 3. The third kappa shape index (κ3) is 3.86. The van der Waals surface area contributed by atoms with Gasteiger partial charge in [-0.3, -0.25) is 0 Å². The highest BCUT2D eigenvalue weighted by Crippen LogP contribution is 2.42. The van der Waals surface area contributed by atoms with Gasteiger partial charge in [-0.25, -0.2) is 4.21 Å². The molecule has 6 heteroatoms. The lowest BCUT2D eigenvalue weighted by molar-refractivity contribution is -0.137. The number of aryl methyl sites for hydroxylation is 1. The molecule has 1 atom stereocenters. The summed E-state index contributed by atoms with van der Waals surface area (Å²) >= 11 is 2.00. The molecular formula is C20H14F3IOS. The summed E-state index contributed by atoms with van der Waals surface area (Å²) in [4.78, 5) is 0.634. The molecule has 0 aliphatic carbocycles. The molecule has 3 rings (SSSR count). The van der Waals surface area contributed by atoms with Crippen LogP contribution in [0.1, 0.15) is 11.1 Å². The minimum Gasteiger partial charge on any atom is -0.249 e. The van der Waals surface area contributed by atoms with E-state index in [1.807, 2.05) is 29.5 Å². The Morgan fingerprint density at radius 3 is 2.15 bits per heavy atom. The Labute approximate surface area is 165 Å². The molecule has 0 bridgehead atoms. The first-order valence-electron chi connectivity index (χ1n) is 7.72. The van der Waals surface area contributed by atoms with Crippen LogP contribution in [0, 0.1) is 10.5 Å². The summed E-state index contributed by atoms with van der Waals surface area (Å²) < 4.78 is 54.7. The maximum absolute atomic E-state index is 13.7. The first-order valence-corrected chi connectivity index (χ1v) is 9.95. The van der Waals surface area contributed by atoms with Crippen molar-refractivity contribution < 1.29 is 17.4 Å². The number of alkyl halides is 3. The maximum Gasteiger partial charge on any atom is 0.417 e. The molecule has 26 heavy (non-hydrogen) atoms. The normalized spacial score (nSPS) is 12.8. The van der Waals surface area contributed by atoms with Gasteiger partial charge in [-0.2, -0.15) is 13.2 Å². The zero-order valence-electron chi connectivity index (χ0n) is 13.7. The number of halogens is 4. The first-order chi connectivity index (χ1) is 12.3. The smallest absolute Gasteiger partial charge is 0.249 e. The Morgan fingerprint density at radius 2 is 1.54 bits per heavy atom. The molecule has 3 aromatic carbocycles. The van der Waals surface area contributed by atoms with Crippen LogP contribution in [0.3, 0.4) is 0 Å². The second-order valence-electron chi connectivity index (χ2n) is 5.74. The Morgan fingerprint density at radius 1 is 0.885 bits per heavy atom. The van der Waals surface area contributed by atoms with E-state index >= 15 is 0 Å². The Balaban J connectivity index is 2.28. The lowest BCUT2D eigenvalue weighted by Crippen LogP contribution is -2.10. The van der Waals surface area contributed by atoms with Crippen molar-refractivity contribution in [3.05, 3.63) is 81.4 Å². The van der Waals surface area contributed by atoms with Crippen molar-refractivity contribution in [3.8, 4) is 11.1 Å². The van der Waals surface area contributed by atoms with E-state index in [0.717, 1.165) is 11.6 Å². The molecule has 1 unspecified atom stereocenters. The summed E-state index contributed by atoms with van der Waals surface area (Å²) in [5.41, 5.74) is 0.618. The van der Waals surface area contributed by atoms with Crippen LogP contribution in [0.2, 0.25) is 0 Å². The van der Waals surface area contributed by atoms with E-state index in [4.69, 9.17) is 0 Å². The van der Waals surface area contributed by atoms with E-state index < -0.39 is 22.5 Å². The van der Waals surface area contributed by atoms with E-state index in [1.54, 1.807) is 48.5 Å². The Bertz CT molecular complexity index is 966. The van der Waals surface area contributed by atoms with Crippen LogP contribution in [-0.2, 0) is 17.0 Å². The van der Waals surface area contributed by atoms with Gasteiger partial charge in [0.05, 0.1) is 21.3 Å². The van der Waals surface area contributed by atoms with Gasteiger partial charge in [-0.05, 0) is 65.4 Å². The van der Waals surface area contributed by atoms with Crippen LogP contribution in [0.15, 0.2) is 76.5 Å². The van der Waals surface area contributed by atoms with Crippen molar-refractivity contribution in [2.24, 2.45) is 0 Å². The average molecular weight is 486 g/mol. The molecule has 0 saturated heterocycles. The molecule has 0 radical (unpaired) electrons. The summed E-state index contributed by atoms with van der Waals surface area (Å²) in [6.07, 6.45) is -4.54. The zero-order valence-corrected chi connectivity index (χ0v) is 16.7. The summed E-state index contributed by atoms with van der Waals surface area (Å²) in [6, 6.07) is 17.6. The predicted octanol–water partition coefficient (Wildman–Crippen LogP) is 6.45. The molecular weight excluding hydrogens is 472 g/mol. The van der Waals surface area contributed by atoms with Gasteiger partial charge >= 0.3 is 6.18 Å². The second kappa shape index (κ2) is 7.52. The lowest BCUT2D eigenvalue weighted by Gasteiger charge is -2.18. The van der Waals surface area contributed by atoms with Crippen LogP contribution < -0.4 is 0 Å². The zero-order chi connectivity index (χ0) is 18.9. The molecule has 0 amide bonds. The van der Waals surface area contributed by atoms with E-state index in [-0.39, 0.29) is 10.5 Å². The quantitative estimate of drug-likeness (QED) is 0.389. The topological polar surface area (TPSA) is 17.1 Å². The van der Waals surface area contributed by atoms with Gasteiger partial charge in [0.2, 0.25) is 0 Å². The van der Waals surface area contributed by atoms with Crippen molar-refractivity contribution in [2.45, 2.75) is 22.9 Å². The van der Waals surface area contributed by atoms with E-state index in [1.165, 1.54) is 12.1 Å². The van der Waals surface area contributed by atoms with Gasteiger partial charge in [-0.1, -0.05) is 42.0 Å². The minimum atomic E-state index is -4.54. The van der Waals surface area contributed by atoms with Crippen molar-refractivity contribution in [1.29, 1.82) is 0 Å². The highest BCUT2D eigenvalue weighted by atomic mass is 127. The van der Waals surface area contributed by atoms with Crippen LogP contribution in [0.5, 0.6) is 0 Å². The average Bonchev–Trinajstić information content (AvgIpc) is 2.61. The lowest BCUT2D eigenvalue weighted by atomic mass is 9.99. The number of hydrogen-bond donors (Lipinski definition) is 0. The molecule has 0 spiro atoms. The fourth-order valence-electron chi connectivity index (χ4n) is 2.65. The fourth-order valence-corrected chi connectivity index (χ4v) is 4.55. The molecule has 134 valence electrons. The molecule has 3 aromatic rings. The molecule has 1 nitrogen and oxygen atoms in total. The van der Waals surface area contributed by atoms with Crippen molar-refractivity contribution in [3.63, 3.8) is 0 Å². The maximum atomic E-state index is 13.7. The van der Waals surface area contributed by atoms with Crippen molar-refractivity contribution in [2.75, 3.05) is 0 Å². The third-order valence-corrected chi connectivity index (χ3v) is 6.29. The molecule has 0 heterocycles. The van der Waals surface area contributed by atoms with Crippen molar-refractivity contribution in [1.82, 2.24) is 0 Å². The van der Waals surface area contributed by atoms with Crippen LogP contribution in [0.4, 0.5) is 13.2 Å². The van der Waals surface area contributed by atoms with Gasteiger partial charge in [0.1, 0.15) is 0 Å². The van der Waals surface area contributed by atoms with E-state index in [2.05, 4.69) is 0 Å². The Hall–Kier alpha value is -1.67. The molecule has 0 aliphatic heterocycles. The highest BCUT2D eigenvalue weighted by Gasteiger charge is 2.36. The molecule has 0 fully saturated rings. The number of benzene rings is 3. The van der Waals surface area contributed by atoms with Gasteiger partial charge in [0.25, 0.3) is 0 Å². The predicted molar refractivity (Wildman–Crippen MR) is 105 cm³/mol. The van der Waals surface area contributed by atoms with E-state index in [9.17, 15) is 17.4 Å². The monoisotopic (exact) mass is 486 g/mol. The second-order valence-corrected chi connectivity index (χ2v) is 8.35. The first kappa shape index (κ1) is 19.1. The standard InChI is InChI=1S/C20H14F3IOS/c1-13-9-11-14(12-10-13)26(25)18-8-4-6-16(20(21,22)23)19(18)15-5-2-3-7-17(15)24/h2-12H,1H3. The molecule has 0 aliphatic rings. The summed E-state index contributed by atoms with van der Waals surface area (Å²) in [7, 11) is -1.72. The molecule has 0 aromatic heterocycles. The summed E-state index contributed by atoms with van der Waals surface area (Å²) in [5, 5.41) is 0. The third-order valence-electron chi connectivity index (χ3n) is 3.91. The summed E-state index contributed by atoms with van der Waals surface area (Å²) in [5.74, 6) is 0. The van der Waals surface area contributed by atoms with Gasteiger partial charge < -0.3 is 0 Å². The van der Waals surface area contributed by atoms with Gasteiger partial charge in [-0.15, -0.1) is 0 Å². The highest BCUT2D eigenvalue weighted by molar-refractivity contribution is 14.1. The number of hydrogen-bond acceptors (Lipinski definition) is 1. The summed E-state index contributed by atoms with van der Waals surface area (Å²) in [6.45, 7) is 1.90. The van der Waals surface area contributed by atoms with Crippen LogP contribution in [0.25, 0.3) is 11.1 Å². The van der Waals surface area contributed by atoms with Crippen LogP contribution >= 0.6 is 22.6 Å². The fraction of sp³-hybridized carbons (Fsp3) is 0.100. The molecule has 0 saturated carbocycles. The Kier molecular flexibility index (Phi) is 5.53. The largest absolute Gasteiger partial charge is 0.417 e. The van der Waals surface area contributed by atoms with Crippen molar-refractivity contribution >= 4 is 33.4 Å². The van der Waals surface area contributed by atoms with Gasteiger partial charge in [0, 0.05) is 14.0 Å². The van der Waals surface area contributed by atoms with Crippen LogP contribution in [-0.4, -0.2) is 4.21 Å². The minimum absolute atomic E-state index is 0.0242. The molecule has 0 N–H and O–H groups in total. The SMILES string of the molecule is Cc1ccc(S(=O)c2cccc(C(F)(F)F)c2-c2ccccc2I)cc1. The van der Waals surface area contributed by atoms with E-state index in [0.29, 0.717) is 14.0 Å². The van der Waals surface area contributed by atoms with Gasteiger partial charge in [0.15, 0.2) is 0 Å².